The minimum Gasteiger partial charge on any atom is -0.424 e. The number of oxazole rings is 1. The highest BCUT2D eigenvalue weighted by Crippen LogP contribution is 2.50. The van der Waals surface area contributed by atoms with Gasteiger partial charge >= 0.3 is 0 Å². The predicted octanol–water partition coefficient (Wildman–Crippen LogP) is 5.68. The minimum atomic E-state index is 0.117. The molecule has 1 saturated carbocycles. The van der Waals surface area contributed by atoms with Gasteiger partial charge in [0.05, 0.1) is 6.04 Å². The molecule has 1 aromatic heterocycles. The zero-order chi connectivity index (χ0) is 22.5. The van der Waals surface area contributed by atoms with Crippen molar-refractivity contribution in [3.05, 3.63) is 83.4 Å². The monoisotopic (exact) mass is 437 g/mol. The number of rotatable bonds is 5. The van der Waals surface area contributed by atoms with E-state index in [4.69, 9.17) is 4.42 Å². The first-order valence-electron chi connectivity index (χ1n) is 11.6. The third-order valence-electron chi connectivity index (χ3n) is 7.05. The number of aryl methyl sites for hydroxylation is 2. The number of piperidine rings is 1. The van der Waals surface area contributed by atoms with Gasteiger partial charge in [0.2, 0.25) is 0 Å². The van der Waals surface area contributed by atoms with E-state index in [0.717, 1.165) is 39.9 Å². The molecule has 0 radical (unpaired) electrons. The molecule has 1 amide bonds. The van der Waals surface area contributed by atoms with E-state index in [1.54, 1.807) is 0 Å². The molecule has 2 aliphatic rings. The van der Waals surface area contributed by atoms with Gasteiger partial charge in [0, 0.05) is 18.7 Å². The van der Waals surface area contributed by atoms with Crippen LogP contribution in [0.1, 0.15) is 27.9 Å². The summed E-state index contributed by atoms with van der Waals surface area (Å²) in [5.74, 6) is 1.28. The minimum absolute atomic E-state index is 0.117. The number of anilines is 1. The van der Waals surface area contributed by atoms with E-state index < -0.39 is 0 Å². The molecule has 1 N–H and O–H groups in total. The van der Waals surface area contributed by atoms with E-state index in [0.29, 0.717) is 24.4 Å². The lowest BCUT2D eigenvalue weighted by atomic mass is 9.95. The molecule has 1 aliphatic carbocycles. The van der Waals surface area contributed by atoms with Crippen molar-refractivity contribution in [3.63, 3.8) is 0 Å². The lowest BCUT2D eigenvalue weighted by molar-refractivity contribution is 0.0715. The molecule has 5 nitrogen and oxygen atoms in total. The first-order valence-corrected chi connectivity index (χ1v) is 11.6. The van der Waals surface area contributed by atoms with Crippen LogP contribution in [0.3, 0.4) is 0 Å². The van der Waals surface area contributed by atoms with Crippen LogP contribution in [0.25, 0.3) is 22.2 Å². The van der Waals surface area contributed by atoms with Crippen LogP contribution in [0.4, 0.5) is 6.01 Å². The summed E-state index contributed by atoms with van der Waals surface area (Å²) in [6, 6.07) is 23.0. The second kappa shape index (κ2) is 7.77. The van der Waals surface area contributed by atoms with Crippen LogP contribution < -0.4 is 5.32 Å². The fraction of sp³-hybridized carbons (Fsp3) is 0.286. The van der Waals surface area contributed by atoms with Gasteiger partial charge in [-0.25, -0.2) is 0 Å². The van der Waals surface area contributed by atoms with Gasteiger partial charge in [-0.3, -0.25) is 4.79 Å². The lowest BCUT2D eigenvalue weighted by Gasteiger charge is -2.28. The summed E-state index contributed by atoms with van der Waals surface area (Å²) in [6.07, 6.45) is 1.20. The van der Waals surface area contributed by atoms with Crippen molar-refractivity contribution in [1.29, 1.82) is 0 Å². The molecular formula is C28H27N3O2. The molecule has 3 atom stereocenters. The molecule has 0 spiro atoms. The molecule has 5 heteroatoms. The Balaban J connectivity index is 1.27. The molecule has 0 bridgehead atoms. The number of hydrogen-bond donors (Lipinski definition) is 1. The quantitative estimate of drug-likeness (QED) is 0.436. The van der Waals surface area contributed by atoms with Gasteiger partial charge in [-0.2, -0.15) is 4.98 Å². The molecule has 166 valence electrons. The van der Waals surface area contributed by atoms with E-state index in [-0.39, 0.29) is 11.9 Å². The average Bonchev–Trinajstić information content (AvgIpc) is 3.30. The smallest absolute Gasteiger partial charge is 0.295 e. The Kier molecular flexibility index (Phi) is 4.72. The number of benzene rings is 3. The van der Waals surface area contributed by atoms with Crippen molar-refractivity contribution in [2.45, 2.75) is 26.3 Å². The number of para-hydroxylation sites is 2. The topological polar surface area (TPSA) is 58.4 Å². The number of nitrogens with zero attached hydrogens (tertiary/aromatic N) is 2. The van der Waals surface area contributed by atoms with Crippen LogP contribution in [0.15, 0.2) is 71.1 Å². The van der Waals surface area contributed by atoms with Crippen molar-refractivity contribution < 1.29 is 9.21 Å². The zero-order valence-electron chi connectivity index (χ0n) is 18.9. The van der Waals surface area contributed by atoms with Crippen molar-refractivity contribution in [2.24, 2.45) is 11.8 Å². The van der Waals surface area contributed by atoms with Crippen molar-refractivity contribution in [2.75, 3.05) is 18.4 Å². The highest BCUT2D eigenvalue weighted by Gasteiger charge is 2.54. The molecule has 0 unspecified atom stereocenters. The third kappa shape index (κ3) is 3.67. The number of amides is 1. The van der Waals surface area contributed by atoms with E-state index >= 15 is 0 Å². The largest absolute Gasteiger partial charge is 0.424 e. The number of aromatic nitrogens is 1. The number of likely N-dealkylation sites (tertiary alicyclic amines) is 1. The maximum atomic E-state index is 13.9. The summed E-state index contributed by atoms with van der Waals surface area (Å²) in [4.78, 5) is 20.5. The lowest BCUT2D eigenvalue weighted by Crippen LogP contribution is -2.42. The van der Waals surface area contributed by atoms with Gasteiger partial charge in [0.15, 0.2) is 5.58 Å². The molecule has 33 heavy (non-hydrogen) atoms. The summed E-state index contributed by atoms with van der Waals surface area (Å²) in [5, 5.41) is 3.36. The maximum Gasteiger partial charge on any atom is 0.295 e. The molecule has 4 aromatic rings. The van der Waals surface area contributed by atoms with Crippen LogP contribution in [0.2, 0.25) is 0 Å². The highest BCUT2D eigenvalue weighted by molar-refractivity contribution is 6.01. The Hall–Kier alpha value is -3.60. The van der Waals surface area contributed by atoms with Crippen LogP contribution in [0, 0.1) is 25.7 Å². The summed E-state index contributed by atoms with van der Waals surface area (Å²) < 4.78 is 5.84. The predicted molar refractivity (Wildman–Crippen MR) is 130 cm³/mol. The summed E-state index contributed by atoms with van der Waals surface area (Å²) in [7, 11) is 0. The number of carbonyl (C=O) groups is 1. The van der Waals surface area contributed by atoms with Gasteiger partial charge in [0.25, 0.3) is 11.9 Å². The van der Waals surface area contributed by atoms with Gasteiger partial charge in [-0.15, -0.1) is 0 Å². The van der Waals surface area contributed by atoms with Crippen LogP contribution >= 0.6 is 0 Å². The summed E-state index contributed by atoms with van der Waals surface area (Å²) in [5.41, 5.74) is 6.77. The maximum absolute atomic E-state index is 13.9. The molecule has 3 aromatic carbocycles. The first kappa shape index (κ1) is 20.0. The Morgan fingerprint density at radius 3 is 2.76 bits per heavy atom. The number of fused-ring (bicyclic) bond motifs is 2. The SMILES string of the molecule is Cc1cccc(-c2ccc(C)cc2C(=O)N2C[C@H]3C[C@H]3[C@H]2CNc2nc3ccccc3o2)c1. The fourth-order valence-corrected chi connectivity index (χ4v) is 5.26. The second-order valence-corrected chi connectivity index (χ2v) is 9.47. The van der Waals surface area contributed by atoms with Crippen molar-refractivity contribution >= 4 is 23.0 Å². The number of nitrogens with one attached hydrogen (secondary N) is 1. The third-order valence-corrected chi connectivity index (χ3v) is 7.05. The van der Waals surface area contributed by atoms with E-state index in [1.807, 2.05) is 37.3 Å². The molecule has 2 fully saturated rings. The fourth-order valence-electron chi connectivity index (χ4n) is 5.26. The van der Waals surface area contributed by atoms with Gasteiger partial charge in [-0.1, -0.05) is 59.7 Å². The second-order valence-electron chi connectivity index (χ2n) is 9.47. The van der Waals surface area contributed by atoms with Gasteiger partial charge in [-0.05, 0) is 61.4 Å². The molecule has 6 rings (SSSR count). The standard InChI is InChI=1S/C28H27N3O2/c1-17-6-5-7-19(12-17)21-11-10-18(2)13-23(21)27(32)31-16-20-14-22(20)25(31)15-29-28-30-24-8-3-4-9-26(24)33-28/h3-13,20,22,25H,14-16H2,1-2H3,(H,29,30)/t20-,22-,25-/m1/s1. The van der Waals surface area contributed by atoms with Crippen LogP contribution in [0.5, 0.6) is 0 Å². The van der Waals surface area contributed by atoms with Crippen LogP contribution in [-0.2, 0) is 0 Å². The summed E-state index contributed by atoms with van der Waals surface area (Å²) in [6.45, 7) is 5.60. The number of hydrogen-bond acceptors (Lipinski definition) is 4. The van der Waals surface area contributed by atoms with Gasteiger partial charge < -0.3 is 14.6 Å². The first-order chi connectivity index (χ1) is 16.1. The normalized spacial score (nSPS) is 21.3. The average molecular weight is 438 g/mol. The van der Waals surface area contributed by atoms with E-state index in [9.17, 15) is 4.79 Å². The molecular weight excluding hydrogens is 410 g/mol. The Morgan fingerprint density at radius 1 is 1.06 bits per heavy atom. The molecule has 1 saturated heterocycles. The van der Waals surface area contributed by atoms with Crippen molar-refractivity contribution in [1.82, 2.24) is 9.88 Å². The zero-order valence-corrected chi connectivity index (χ0v) is 18.9. The van der Waals surface area contributed by atoms with E-state index in [1.165, 1.54) is 12.0 Å². The number of carbonyl (C=O) groups excluding carboxylic acids is 1. The molecule has 2 heterocycles. The van der Waals surface area contributed by atoms with E-state index in [2.05, 4.69) is 58.5 Å². The Bertz CT molecular complexity index is 1330. The van der Waals surface area contributed by atoms with Crippen molar-refractivity contribution in [3.8, 4) is 11.1 Å². The Labute approximate surface area is 193 Å². The Morgan fingerprint density at radius 2 is 1.91 bits per heavy atom. The summed E-state index contributed by atoms with van der Waals surface area (Å²) >= 11 is 0. The highest BCUT2D eigenvalue weighted by atomic mass is 16.4. The van der Waals surface area contributed by atoms with Crippen LogP contribution in [-0.4, -0.2) is 34.9 Å². The van der Waals surface area contributed by atoms with Gasteiger partial charge in [0.1, 0.15) is 5.52 Å². The molecule has 1 aliphatic heterocycles.